The van der Waals surface area contributed by atoms with Crippen LogP contribution in [0.25, 0.3) is 0 Å². The number of nitrogens with zero attached hydrogens (tertiary/aromatic N) is 1. The fourth-order valence-corrected chi connectivity index (χ4v) is 3.42. The molecular weight excluding hydrogens is 153 g/mol. The average Bonchev–Trinajstić information content (AvgIpc) is 1.84. The molecule has 3 unspecified atom stereocenters. The summed E-state index contributed by atoms with van der Waals surface area (Å²) in [6.45, 7) is 4.64. The van der Waals surface area contributed by atoms with E-state index in [1.54, 1.807) is 0 Å². The monoisotopic (exact) mass is 171 g/mol. The van der Waals surface area contributed by atoms with Crippen LogP contribution >= 0.6 is 9.24 Å². The highest BCUT2D eigenvalue weighted by Crippen LogP contribution is 2.42. The molecule has 0 aromatic rings. The van der Waals surface area contributed by atoms with Gasteiger partial charge in [0, 0.05) is 18.1 Å². The third-order valence-corrected chi connectivity index (χ3v) is 3.68. The molecule has 1 nitrogen and oxygen atoms in total. The van der Waals surface area contributed by atoms with Crippen LogP contribution in [0, 0.1) is 0 Å². The molecular formula is C9H18NP. The van der Waals surface area contributed by atoms with Gasteiger partial charge < -0.3 is 0 Å². The molecule has 0 amide bonds. The van der Waals surface area contributed by atoms with Crippen LogP contribution in [0.3, 0.4) is 0 Å². The second kappa shape index (κ2) is 2.71. The highest BCUT2D eigenvalue weighted by atomic mass is 31.0. The average molecular weight is 171 g/mol. The van der Waals surface area contributed by atoms with Crippen LogP contribution in [0.15, 0.2) is 0 Å². The predicted octanol–water partition coefficient (Wildman–Crippen LogP) is 1.88. The minimum absolute atomic E-state index is 0.774. The van der Waals surface area contributed by atoms with Crippen molar-refractivity contribution in [2.75, 3.05) is 0 Å². The first-order chi connectivity index (χ1) is 5.18. The van der Waals surface area contributed by atoms with Gasteiger partial charge in [0.2, 0.25) is 0 Å². The highest BCUT2D eigenvalue weighted by Gasteiger charge is 2.44. The fourth-order valence-electron chi connectivity index (χ4n) is 2.79. The lowest BCUT2D eigenvalue weighted by atomic mass is 9.78. The molecule has 0 aromatic carbocycles. The molecule has 0 N–H and O–H groups in total. The zero-order valence-corrected chi connectivity index (χ0v) is 8.61. The fraction of sp³-hybridized carbons (Fsp3) is 1.00. The Morgan fingerprint density at radius 3 is 2.18 bits per heavy atom. The second-order valence-corrected chi connectivity index (χ2v) is 5.26. The van der Waals surface area contributed by atoms with Crippen molar-refractivity contribution in [2.24, 2.45) is 0 Å². The lowest BCUT2D eigenvalue weighted by Crippen LogP contribution is -2.63. The maximum absolute atomic E-state index is 2.98. The highest BCUT2D eigenvalue weighted by molar-refractivity contribution is 7.17. The van der Waals surface area contributed by atoms with Crippen LogP contribution in [-0.4, -0.2) is 28.7 Å². The maximum atomic E-state index is 2.98. The van der Waals surface area contributed by atoms with Gasteiger partial charge in [-0.1, -0.05) is 0 Å². The van der Waals surface area contributed by atoms with E-state index < -0.39 is 0 Å². The Balaban J connectivity index is 1.98. The van der Waals surface area contributed by atoms with Gasteiger partial charge in [-0.15, -0.1) is 9.24 Å². The first kappa shape index (κ1) is 8.01. The first-order valence-electron chi connectivity index (χ1n) is 4.71. The number of rotatable bonds is 1. The zero-order valence-electron chi connectivity index (χ0n) is 7.46. The molecule has 3 fully saturated rings. The van der Waals surface area contributed by atoms with E-state index in [1.807, 2.05) is 0 Å². The molecule has 2 aliphatic heterocycles. The van der Waals surface area contributed by atoms with E-state index in [0.29, 0.717) is 0 Å². The minimum atomic E-state index is 0.774. The molecule has 2 bridgehead atoms. The van der Waals surface area contributed by atoms with E-state index in [-0.39, 0.29) is 0 Å². The standard InChI is InChI=1S/C9H18NP/c1-6(2)10-7-3-8(10)5-9(11)4-7/h6-9H,3-5,11H2,1-2H3. The number of hydrogen-bond donors (Lipinski definition) is 0. The lowest BCUT2D eigenvalue weighted by molar-refractivity contribution is -0.0485. The normalized spacial score (nSPS) is 44.2. The third kappa shape index (κ3) is 1.23. The zero-order chi connectivity index (χ0) is 8.01. The molecule has 64 valence electrons. The Kier molecular flexibility index (Phi) is 1.97. The summed E-state index contributed by atoms with van der Waals surface area (Å²) in [5, 5.41) is 0. The van der Waals surface area contributed by atoms with Gasteiger partial charge in [0.05, 0.1) is 0 Å². The molecule has 2 heterocycles. The first-order valence-corrected chi connectivity index (χ1v) is 5.38. The summed E-state index contributed by atoms with van der Waals surface area (Å²) < 4.78 is 0. The summed E-state index contributed by atoms with van der Waals surface area (Å²) in [7, 11) is 2.98. The van der Waals surface area contributed by atoms with E-state index in [9.17, 15) is 0 Å². The predicted molar refractivity (Wildman–Crippen MR) is 51.9 cm³/mol. The largest absolute Gasteiger partial charge is 0.295 e. The minimum Gasteiger partial charge on any atom is -0.295 e. The lowest BCUT2D eigenvalue weighted by Gasteiger charge is -2.57. The third-order valence-electron chi connectivity index (χ3n) is 3.13. The molecule has 2 heteroatoms. The summed E-state index contributed by atoms with van der Waals surface area (Å²) >= 11 is 0. The van der Waals surface area contributed by atoms with Crippen molar-refractivity contribution < 1.29 is 0 Å². The summed E-state index contributed by atoms with van der Waals surface area (Å²) in [5.74, 6) is 0. The molecule has 0 aromatic heterocycles. The van der Waals surface area contributed by atoms with Gasteiger partial charge in [-0.05, 0) is 38.8 Å². The topological polar surface area (TPSA) is 3.24 Å². The van der Waals surface area contributed by atoms with Crippen molar-refractivity contribution in [3.8, 4) is 0 Å². The Labute approximate surface area is 71.7 Å². The number of fused-ring (bicyclic) bond motifs is 2. The van der Waals surface area contributed by atoms with Gasteiger partial charge in [-0.2, -0.15) is 0 Å². The van der Waals surface area contributed by atoms with Crippen molar-refractivity contribution in [3.05, 3.63) is 0 Å². The van der Waals surface area contributed by atoms with E-state index in [0.717, 1.165) is 23.8 Å². The van der Waals surface area contributed by atoms with Crippen LogP contribution in [-0.2, 0) is 0 Å². The smallest absolute Gasteiger partial charge is 0.0122 e. The molecule has 1 saturated carbocycles. The van der Waals surface area contributed by atoms with Crippen molar-refractivity contribution in [3.63, 3.8) is 0 Å². The quantitative estimate of drug-likeness (QED) is 0.544. The number of hydrogen-bond acceptors (Lipinski definition) is 1. The van der Waals surface area contributed by atoms with Crippen molar-refractivity contribution in [2.45, 2.75) is 56.9 Å². The van der Waals surface area contributed by atoms with Gasteiger partial charge >= 0.3 is 0 Å². The van der Waals surface area contributed by atoms with Crippen molar-refractivity contribution in [1.29, 1.82) is 0 Å². The Morgan fingerprint density at radius 2 is 1.73 bits per heavy atom. The van der Waals surface area contributed by atoms with Crippen molar-refractivity contribution >= 4 is 9.24 Å². The Bertz CT molecular complexity index is 146. The van der Waals surface area contributed by atoms with E-state index in [1.165, 1.54) is 19.3 Å². The Morgan fingerprint density at radius 1 is 1.18 bits per heavy atom. The summed E-state index contributed by atoms with van der Waals surface area (Å²) in [4.78, 5) is 2.70. The summed E-state index contributed by atoms with van der Waals surface area (Å²) in [6.07, 6.45) is 4.31. The van der Waals surface area contributed by atoms with Crippen molar-refractivity contribution in [1.82, 2.24) is 4.90 Å². The van der Waals surface area contributed by atoms with E-state index in [2.05, 4.69) is 28.0 Å². The Hall–Kier alpha value is 0.390. The second-order valence-electron chi connectivity index (χ2n) is 4.32. The van der Waals surface area contributed by atoms with Gasteiger partial charge in [-0.25, -0.2) is 0 Å². The molecule has 2 saturated heterocycles. The van der Waals surface area contributed by atoms with Crippen LogP contribution < -0.4 is 0 Å². The van der Waals surface area contributed by atoms with Crippen LogP contribution in [0.4, 0.5) is 0 Å². The summed E-state index contributed by atoms with van der Waals surface area (Å²) in [6, 6.07) is 2.63. The van der Waals surface area contributed by atoms with Crippen LogP contribution in [0.1, 0.15) is 33.1 Å². The molecule has 3 rings (SSSR count). The maximum Gasteiger partial charge on any atom is 0.0122 e. The van der Waals surface area contributed by atoms with Gasteiger partial charge in [0.1, 0.15) is 0 Å². The molecule has 11 heavy (non-hydrogen) atoms. The van der Waals surface area contributed by atoms with E-state index >= 15 is 0 Å². The molecule has 0 radical (unpaired) electrons. The van der Waals surface area contributed by atoms with Crippen LogP contribution in [0.5, 0.6) is 0 Å². The summed E-state index contributed by atoms with van der Waals surface area (Å²) in [5.41, 5.74) is 0.911. The number of piperidine rings is 1. The van der Waals surface area contributed by atoms with E-state index in [4.69, 9.17) is 0 Å². The van der Waals surface area contributed by atoms with Crippen LogP contribution in [0.2, 0.25) is 0 Å². The molecule has 3 atom stereocenters. The molecule has 1 aliphatic carbocycles. The van der Waals surface area contributed by atoms with Gasteiger partial charge in [0.15, 0.2) is 0 Å². The van der Waals surface area contributed by atoms with Gasteiger partial charge in [-0.3, -0.25) is 4.90 Å². The SMILES string of the molecule is CC(C)N1C2CC(P)CC1C2. The molecule has 0 spiro atoms. The van der Waals surface area contributed by atoms with Gasteiger partial charge in [0.25, 0.3) is 0 Å². The molecule has 3 aliphatic rings.